The number of aliphatic hydroxyl groups is 1. The van der Waals surface area contributed by atoms with E-state index < -0.39 is 29.2 Å². The first-order chi connectivity index (χ1) is 15.0. The summed E-state index contributed by atoms with van der Waals surface area (Å²) in [5.41, 5.74) is -1.96. The summed E-state index contributed by atoms with van der Waals surface area (Å²) in [4.78, 5) is 16.3. The molecule has 170 valence electrons. The van der Waals surface area contributed by atoms with E-state index in [9.17, 15) is 23.1 Å². The van der Waals surface area contributed by atoms with Gasteiger partial charge in [-0.2, -0.15) is 18.3 Å². The Morgan fingerprint density at radius 1 is 1.19 bits per heavy atom. The van der Waals surface area contributed by atoms with Crippen LogP contribution in [-0.2, 0) is 18.3 Å². The van der Waals surface area contributed by atoms with Crippen LogP contribution in [0.25, 0.3) is 0 Å². The second-order valence-electron chi connectivity index (χ2n) is 7.33. The second-order valence-corrected chi connectivity index (χ2v) is 8.17. The minimum absolute atomic E-state index is 0.00398. The number of hydrogen-bond acceptors (Lipinski definition) is 4. The smallest absolute Gasteiger partial charge is 0.383 e. The molecule has 0 spiro atoms. The van der Waals surface area contributed by atoms with Gasteiger partial charge in [-0.15, -0.1) is 0 Å². The average Bonchev–Trinajstić information content (AvgIpc) is 3.23. The first kappa shape index (κ1) is 24.0. The zero-order valence-electron chi connectivity index (χ0n) is 16.8. The molecule has 0 bridgehead atoms. The molecule has 3 aromatic rings. The summed E-state index contributed by atoms with van der Waals surface area (Å²) in [5.74, 6) is -1.15. The highest BCUT2D eigenvalue weighted by molar-refractivity contribution is 6.35. The zero-order valence-corrected chi connectivity index (χ0v) is 18.3. The van der Waals surface area contributed by atoms with E-state index in [-0.39, 0.29) is 23.7 Å². The quantitative estimate of drug-likeness (QED) is 0.513. The molecule has 0 aliphatic rings. The molecule has 0 fully saturated rings. The molecule has 1 aromatic heterocycles. The van der Waals surface area contributed by atoms with Gasteiger partial charge in [-0.3, -0.25) is 4.79 Å². The minimum atomic E-state index is -4.49. The number of nitrogens with zero attached hydrogens (tertiary/aromatic N) is 3. The summed E-state index contributed by atoms with van der Waals surface area (Å²) in [5, 5.41) is 18.9. The molecule has 1 heterocycles. The minimum Gasteiger partial charge on any atom is -0.383 e. The van der Waals surface area contributed by atoms with E-state index >= 15 is 0 Å². The molecule has 0 saturated heterocycles. The van der Waals surface area contributed by atoms with E-state index in [2.05, 4.69) is 15.4 Å². The number of hydrogen-bond donors (Lipinski definition) is 2. The number of amides is 1. The van der Waals surface area contributed by atoms with Crippen molar-refractivity contribution in [2.24, 2.45) is 5.92 Å². The van der Waals surface area contributed by atoms with Crippen LogP contribution < -0.4 is 5.32 Å². The van der Waals surface area contributed by atoms with Gasteiger partial charge in [0, 0.05) is 33.6 Å². The third kappa shape index (κ3) is 5.40. The number of rotatable bonds is 7. The standard InChI is InChI=1S/C21H19Cl2F3N4O2/c1-13(9-28-19(31)14-2-4-15(5-3-14)21(24,25)26)20(32,10-30-12-27-11-29-30)17-7-6-16(22)8-18(17)23/h2-8,11-13,32H,9-10H2,1H3,(H,28,31)/t13-,20+/m1/s1. The van der Waals surface area contributed by atoms with Crippen molar-refractivity contribution < 1.29 is 23.1 Å². The molecule has 6 nitrogen and oxygen atoms in total. The van der Waals surface area contributed by atoms with Crippen molar-refractivity contribution in [3.63, 3.8) is 0 Å². The van der Waals surface area contributed by atoms with Crippen LogP contribution in [0.5, 0.6) is 0 Å². The fourth-order valence-corrected chi connectivity index (χ4v) is 3.81. The molecule has 2 N–H and O–H groups in total. The van der Waals surface area contributed by atoms with Gasteiger partial charge in [0.05, 0.1) is 12.1 Å². The highest BCUT2D eigenvalue weighted by Crippen LogP contribution is 2.37. The molecule has 1 amide bonds. The Morgan fingerprint density at radius 3 is 2.44 bits per heavy atom. The summed E-state index contributed by atoms with van der Waals surface area (Å²) >= 11 is 12.3. The highest BCUT2D eigenvalue weighted by Gasteiger charge is 2.38. The Labute approximate surface area is 192 Å². The van der Waals surface area contributed by atoms with E-state index in [0.717, 1.165) is 24.3 Å². The summed E-state index contributed by atoms with van der Waals surface area (Å²) in [6.07, 6.45) is -1.73. The van der Waals surface area contributed by atoms with E-state index in [1.54, 1.807) is 19.1 Å². The Bertz CT molecular complexity index is 1080. The number of aromatic nitrogens is 3. The SMILES string of the molecule is C[C@H](CNC(=O)c1ccc(C(F)(F)F)cc1)[C@@](O)(Cn1cncn1)c1ccc(Cl)cc1Cl. The van der Waals surface area contributed by atoms with Gasteiger partial charge in [0.25, 0.3) is 5.91 Å². The van der Waals surface area contributed by atoms with Crippen molar-refractivity contribution in [3.8, 4) is 0 Å². The summed E-state index contributed by atoms with van der Waals surface area (Å²) in [6.45, 7) is 1.70. The van der Waals surface area contributed by atoms with E-state index in [1.165, 1.54) is 23.4 Å². The number of benzene rings is 2. The van der Waals surface area contributed by atoms with Crippen LogP contribution in [-0.4, -0.2) is 32.3 Å². The lowest BCUT2D eigenvalue weighted by Gasteiger charge is -2.35. The lowest BCUT2D eigenvalue weighted by molar-refractivity contribution is -0.137. The second kappa shape index (κ2) is 9.48. The molecule has 0 unspecified atom stereocenters. The van der Waals surface area contributed by atoms with Crippen LogP contribution in [0.1, 0.15) is 28.4 Å². The van der Waals surface area contributed by atoms with Crippen molar-refractivity contribution in [2.45, 2.75) is 25.2 Å². The number of halogens is 5. The van der Waals surface area contributed by atoms with Gasteiger partial charge in [-0.1, -0.05) is 36.2 Å². The van der Waals surface area contributed by atoms with Crippen molar-refractivity contribution in [1.82, 2.24) is 20.1 Å². The topological polar surface area (TPSA) is 80.0 Å². The molecule has 0 aliphatic carbocycles. The monoisotopic (exact) mass is 486 g/mol. The normalized spacial score (nSPS) is 14.6. The molecule has 0 saturated carbocycles. The molecule has 2 atom stereocenters. The van der Waals surface area contributed by atoms with Crippen LogP contribution in [0.15, 0.2) is 55.1 Å². The maximum absolute atomic E-state index is 12.7. The third-order valence-electron chi connectivity index (χ3n) is 5.13. The van der Waals surface area contributed by atoms with Crippen LogP contribution in [0.3, 0.4) is 0 Å². The Balaban J connectivity index is 1.79. The third-order valence-corrected chi connectivity index (χ3v) is 5.67. The van der Waals surface area contributed by atoms with Crippen molar-refractivity contribution in [3.05, 3.63) is 81.9 Å². The largest absolute Gasteiger partial charge is 0.416 e. The zero-order chi connectivity index (χ0) is 23.5. The Morgan fingerprint density at radius 2 is 1.88 bits per heavy atom. The summed E-state index contributed by atoms with van der Waals surface area (Å²) < 4.78 is 39.6. The fourth-order valence-electron chi connectivity index (χ4n) is 3.24. The van der Waals surface area contributed by atoms with Crippen molar-refractivity contribution in [2.75, 3.05) is 6.54 Å². The van der Waals surface area contributed by atoms with E-state index in [4.69, 9.17) is 23.2 Å². The number of alkyl halides is 3. The first-order valence-corrected chi connectivity index (χ1v) is 10.2. The lowest BCUT2D eigenvalue weighted by atomic mass is 9.82. The average molecular weight is 487 g/mol. The van der Waals surface area contributed by atoms with Gasteiger partial charge in [-0.05, 0) is 36.4 Å². The van der Waals surface area contributed by atoms with Crippen LogP contribution in [0.2, 0.25) is 10.0 Å². The number of nitrogens with one attached hydrogen (secondary N) is 1. The predicted molar refractivity (Wildman–Crippen MR) is 113 cm³/mol. The Hall–Kier alpha value is -2.62. The molecule has 11 heteroatoms. The molecular weight excluding hydrogens is 468 g/mol. The van der Waals surface area contributed by atoms with Gasteiger partial charge >= 0.3 is 6.18 Å². The first-order valence-electron chi connectivity index (χ1n) is 9.46. The van der Waals surface area contributed by atoms with Crippen molar-refractivity contribution in [1.29, 1.82) is 0 Å². The van der Waals surface area contributed by atoms with Crippen LogP contribution in [0, 0.1) is 5.92 Å². The van der Waals surface area contributed by atoms with Gasteiger partial charge in [0.15, 0.2) is 0 Å². The van der Waals surface area contributed by atoms with E-state index in [1.807, 2.05) is 0 Å². The number of carbonyl (C=O) groups excluding carboxylic acids is 1. The fraction of sp³-hybridized carbons (Fsp3) is 0.286. The van der Waals surface area contributed by atoms with Crippen LogP contribution in [0.4, 0.5) is 13.2 Å². The maximum Gasteiger partial charge on any atom is 0.416 e. The van der Waals surface area contributed by atoms with E-state index in [0.29, 0.717) is 10.6 Å². The molecule has 2 aromatic carbocycles. The molecule has 0 aliphatic heterocycles. The number of carbonyl (C=O) groups is 1. The summed E-state index contributed by atoms with van der Waals surface area (Å²) in [6, 6.07) is 8.55. The molecule has 0 radical (unpaired) electrons. The molecule has 3 rings (SSSR count). The summed E-state index contributed by atoms with van der Waals surface area (Å²) in [7, 11) is 0. The van der Waals surface area contributed by atoms with Gasteiger partial charge in [-0.25, -0.2) is 9.67 Å². The van der Waals surface area contributed by atoms with Crippen LogP contribution >= 0.6 is 23.2 Å². The van der Waals surface area contributed by atoms with Gasteiger partial charge in [0.2, 0.25) is 0 Å². The Kier molecular flexibility index (Phi) is 7.12. The van der Waals surface area contributed by atoms with Gasteiger partial charge in [0.1, 0.15) is 18.3 Å². The van der Waals surface area contributed by atoms with Crippen molar-refractivity contribution >= 4 is 29.1 Å². The maximum atomic E-state index is 12.7. The van der Waals surface area contributed by atoms with Gasteiger partial charge < -0.3 is 10.4 Å². The predicted octanol–water partition coefficient (Wildman–Crippen LogP) is 4.56. The molecule has 32 heavy (non-hydrogen) atoms. The highest BCUT2D eigenvalue weighted by atomic mass is 35.5. The lowest BCUT2D eigenvalue weighted by Crippen LogP contribution is -2.44. The molecular formula is C21H19Cl2F3N4O2.